The monoisotopic (exact) mass is 351 g/mol. The molecule has 0 radical (unpaired) electrons. The highest BCUT2D eigenvalue weighted by Crippen LogP contribution is 2.39. The summed E-state index contributed by atoms with van der Waals surface area (Å²) < 4.78 is 25.8. The second-order valence-corrected chi connectivity index (χ2v) is 8.84. The molecule has 0 spiro atoms. The van der Waals surface area contributed by atoms with Gasteiger partial charge in [0, 0.05) is 35.8 Å². The number of hydrogen-bond acceptors (Lipinski definition) is 2. The first-order valence-corrected chi connectivity index (χ1v) is 10.4. The fourth-order valence-corrected chi connectivity index (χ4v) is 4.26. The van der Waals surface area contributed by atoms with Crippen LogP contribution in [0.4, 0.5) is 0 Å². The van der Waals surface area contributed by atoms with Gasteiger partial charge in [0.2, 0.25) is 0 Å². The van der Waals surface area contributed by atoms with Crippen molar-refractivity contribution >= 4 is 9.84 Å². The van der Waals surface area contributed by atoms with E-state index in [0.717, 1.165) is 18.5 Å². The molecule has 0 N–H and O–H groups in total. The van der Waals surface area contributed by atoms with Crippen LogP contribution in [0.2, 0.25) is 0 Å². The van der Waals surface area contributed by atoms with Gasteiger partial charge in [0.25, 0.3) is 0 Å². The van der Waals surface area contributed by atoms with E-state index >= 15 is 0 Å². The first-order chi connectivity index (χ1) is 11.9. The summed E-state index contributed by atoms with van der Waals surface area (Å²) in [6.45, 7) is 3.15. The van der Waals surface area contributed by atoms with Crippen LogP contribution < -0.4 is 0 Å². The van der Waals surface area contributed by atoms with E-state index in [1.165, 1.54) is 40.6 Å². The summed E-state index contributed by atoms with van der Waals surface area (Å²) in [7, 11) is -3.17. The van der Waals surface area contributed by atoms with Gasteiger partial charge in [-0.1, -0.05) is 42.0 Å². The average molecular weight is 351 g/mol. The van der Waals surface area contributed by atoms with Crippen LogP contribution in [0.1, 0.15) is 17.7 Å². The van der Waals surface area contributed by atoms with Gasteiger partial charge in [-0.2, -0.15) is 0 Å². The molecule has 2 aromatic carbocycles. The zero-order valence-electron chi connectivity index (χ0n) is 14.5. The quantitative estimate of drug-likeness (QED) is 0.698. The van der Waals surface area contributed by atoms with Crippen LogP contribution in [0.5, 0.6) is 0 Å². The van der Waals surface area contributed by atoms with E-state index < -0.39 is 9.84 Å². The average Bonchev–Trinajstić information content (AvgIpc) is 3.16. The van der Waals surface area contributed by atoms with Gasteiger partial charge in [0.05, 0.1) is 4.90 Å². The lowest BCUT2D eigenvalue weighted by atomic mass is 9.95. The molecule has 3 aromatic rings. The van der Waals surface area contributed by atoms with E-state index in [1.54, 1.807) is 12.1 Å². The van der Waals surface area contributed by atoms with Crippen LogP contribution in [-0.2, 0) is 22.8 Å². The summed E-state index contributed by atoms with van der Waals surface area (Å²) in [5, 5.41) is 0. The summed E-state index contributed by atoms with van der Waals surface area (Å²) in [5.74, 6) is 0. The Morgan fingerprint density at radius 3 is 2.20 bits per heavy atom. The number of fused-ring (bicyclic) bond motifs is 1. The molecule has 0 bridgehead atoms. The maximum Gasteiger partial charge on any atom is 0.175 e. The molecule has 4 heteroatoms. The minimum atomic E-state index is -3.17. The third kappa shape index (κ3) is 2.91. The third-order valence-corrected chi connectivity index (χ3v) is 6.06. The number of rotatable bonds is 3. The lowest BCUT2D eigenvalue weighted by Gasteiger charge is -2.08. The van der Waals surface area contributed by atoms with E-state index in [-0.39, 0.29) is 0 Å². The minimum Gasteiger partial charge on any atom is -0.350 e. The Hall–Kier alpha value is -2.33. The standard InChI is InChI=1S/C21H21NO2S/c1-15-5-7-17(8-6-15)21-19(14-22-13-3-4-20(21)22)16-9-11-18(12-10-16)25(2,23)24/h5-12,14H,3-4,13H2,1-2H3. The lowest BCUT2D eigenvalue weighted by molar-refractivity contribution is 0.602. The van der Waals surface area contributed by atoms with E-state index in [1.807, 2.05) is 12.1 Å². The van der Waals surface area contributed by atoms with Crippen molar-refractivity contribution in [2.75, 3.05) is 6.26 Å². The third-order valence-electron chi connectivity index (χ3n) is 4.94. The molecular weight excluding hydrogens is 330 g/mol. The smallest absolute Gasteiger partial charge is 0.175 e. The number of benzene rings is 2. The number of nitrogens with zero attached hydrogens (tertiary/aromatic N) is 1. The van der Waals surface area contributed by atoms with Crippen LogP contribution in [-0.4, -0.2) is 19.2 Å². The molecule has 0 unspecified atom stereocenters. The Morgan fingerprint density at radius 1 is 0.920 bits per heavy atom. The van der Waals surface area contributed by atoms with Gasteiger partial charge in [-0.15, -0.1) is 0 Å². The Morgan fingerprint density at radius 2 is 1.56 bits per heavy atom. The molecule has 0 aliphatic carbocycles. The fourth-order valence-electron chi connectivity index (χ4n) is 3.63. The molecule has 3 nitrogen and oxygen atoms in total. The highest BCUT2D eigenvalue weighted by Gasteiger charge is 2.22. The fraction of sp³-hybridized carbons (Fsp3) is 0.238. The lowest BCUT2D eigenvalue weighted by Crippen LogP contribution is -1.96. The van der Waals surface area contributed by atoms with Gasteiger partial charge >= 0.3 is 0 Å². The molecule has 1 aromatic heterocycles. The molecule has 0 saturated carbocycles. The van der Waals surface area contributed by atoms with E-state index in [0.29, 0.717) is 4.90 Å². The van der Waals surface area contributed by atoms with Gasteiger partial charge in [-0.05, 0) is 43.0 Å². The molecule has 1 aliphatic heterocycles. The number of hydrogen-bond donors (Lipinski definition) is 0. The molecule has 25 heavy (non-hydrogen) atoms. The van der Waals surface area contributed by atoms with Crippen molar-refractivity contribution in [3.05, 3.63) is 66.0 Å². The summed E-state index contributed by atoms with van der Waals surface area (Å²) >= 11 is 0. The van der Waals surface area contributed by atoms with Gasteiger partial charge in [0.1, 0.15) is 0 Å². The largest absolute Gasteiger partial charge is 0.350 e. The first-order valence-electron chi connectivity index (χ1n) is 8.53. The van der Waals surface area contributed by atoms with Crippen LogP contribution in [0.3, 0.4) is 0 Å². The Bertz CT molecular complexity index is 1030. The molecule has 0 amide bonds. The number of aryl methyl sites for hydroxylation is 2. The van der Waals surface area contributed by atoms with Crippen LogP contribution in [0, 0.1) is 6.92 Å². The van der Waals surface area contributed by atoms with Gasteiger partial charge in [0.15, 0.2) is 9.84 Å². The van der Waals surface area contributed by atoms with Crippen molar-refractivity contribution in [1.29, 1.82) is 0 Å². The molecular formula is C21H21NO2S. The van der Waals surface area contributed by atoms with Crippen molar-refractivity contribution < 1.29 is 8.42 Å². The topological polar surface area (TPSA) is 39.1 Å². The van der Waals surface area contributed by atoms with Crippen molar-refractivity contribution in [3.63, 3.8) is 0 Å². The zero-order valence-corrected chi connectivity index (χ0v) is 15.3. The molecule has 128 valence electrons. The predicted molar refractivity (Wildman–Crippen MR) is 101 cm³/mol. The van der Waals surface area contributed by atoms with Crippen molar-refractivity contribution in [2.24, 2.45) is 0 Å². The second kappa shape index (κ2) is 5.88. The van der Waals surface area contributed by atoms with Crippen LogP contribution >= 0.6 is 0 Å². The molecule has 1 aliphatic rings. The highest BCUT2D eigenvalue weighted by molar-refractivity contribution is 7.90. The van der Waals surface area contributed by atoms with Crippen molar-refractivity contribution in [2.45, 2.75) is 31.2 Å². The van der Waals surface area contributed by atoms with Crippen molar-refractivity contribution in [1.82, 2.24) is 4.57 Å². The second-order valence-electron chi connectivity index (χ2n) is 6.82. The first kappa shape index (κ1) is 16.2. The SMILES string of the molecule is Cc1ccc(-c2c(-c3ccc(S(C)(=O)=O)cc3)cn3c2CCC3)cc1. The summed E-state index contributed by atoms with van der Waals surface area (Å²) in [4.78, 5) is 0.361. The van der Waals surface area contributed by atoms with Crippen LogP contribution in [0.15, 0.2) is 59.6 Å². The Labute approximate surface area is 148 Å². The van der Waals surface area contributed by atoms with Gasteiger partial charge in [-0.25, -0.2) is 8.42 Å². The Balaban J connectivity index is 1.87. The normalized spacial score (nSPS) is 13.8. The van der Waals surface area contributed by atoms with Gasteiger partial charge in [-0.3, -0.25) is 0 Å². The molecule has 4 rings (SSSR count). The zero-order chi connectivity index (χ0) is 17.6. The highest BCUT2D eigenvalue weighted by atomic mass is 32.2. The molecule has 0 atom stereocenters. The minimum absolute atomic E-state index is 0.361. The molecule has 0 fully saturated rings. The van der Waals surface area contributed by atoms with E-state index in [9.17, 15) is 8.42 Å². The predicted octanol–water partition coefficient (Wildman–Crippen LogP) is 4.48. The molecule has 0 saturated heterocycles. The number of aromatic nitrogens is 1. The number of sulfone groups is 1. The van der Waals surface area contributed by atoms with Crippen molar-refractivity contribution in [3.8, 4) is 22.3 Å². The Kier molecular flexibility index (Phi) is 3.80. The maximum atomic E-state index is 11.7. The van der Waals surface area contributed by atoms with Gasteiger partial charge < -0.3 is 4.57 Å². The van der Waals surface area contributed by atoms with E-state index in [2.05, 4.69) is 42.0 Å². The summed E-state index contributed by atoms with van der Waals surface area (Å²) in [6.07, 6.45) is 5.73. The molecule has 2 heterocycles. The van der Waals surface area contributed by atoms with Crippen LogP contribution in [0.25, 0.3) is 22.3 Å². The van der Waals surface area contributed by atoms with E-state index in [4.69, 9.17) is 0 Å². The maximum absolute atomic E-state index is 11.7. The summed E-state index contributed by atoms with van der Waals surface area (Å²) in [5.41, 5.74) is 7.38. The summed E-state index contributed by atoms with van der Waals surface area (Å²) in [6, 6.07) is 15.9.